The van der Waals surface area contributed by atoms with Crippen molar-refractivity contribution in [2.45, 2.75) is 56.5 Å². The zero-order chi connectivity index (χ0) is 30.3. The molecule has 42 heavy (non-hydrogen) atoms. The summed E-state index contributed by atoms with van der Waals surface area (Å²) < 4.78 is 26.8. The van der Waals surface area contributed by atoms with E-state index in [0.29, 0.717) is 22.2 Å². The van der Waals surface area contributed by atoms with Crippen molar-refractivity contribution in [1.29, 1.82) is 0 Å². The molecule has 0 aromatic heterocycles. The van der Waals surface area contributed by atoms with Gasteiger partial charge in [-0.1, -0.05) is 85.1 Å². The van der Waals surface area contributed by atoms with Crippen LogP contribution in [-0.2, 0) is 32.6 Å². The molecule has 0 bridgehead atoms. The number of carbonyl (C=O) groups is 3. The highest BCUT2D eigenvalue weighted by Gasteiger charge is 2.40. The lowest BCUT2D eigenvalue weighted by atomic mass is 10.0. The predicted octanol–water partition coefficient (Wildman–Crippen LogP) is 5.47. The summed E-state index contributed by atoms with van der Waals surface area (Å²) in [4.78, 5) is 41.7. The van der Waals surface area contributed by atoms with Gasteiger partial charge in [0.2, 0.25) is 11.8 Å². The highest BCUT2D eigenvalue weighted by atomic mass is 35.5. The first-order chi connectivity index (χ1) is 20.1. The largest absolute Gasteiger partial charge is 0.354 e. The molecule has 1 N–H and O–H groups in total. The fourth-order valence-electron chi connectivity index (χ4n) is 4.88. The Balaban J connectivity index is 1.59. The number of nitrogens with zero attached hydrogens (tertiary/aromatic N) is 2. The van der Waals surface area contributed by atoms with Gasteiger partial charge in [0.25, 0.3) is 15.9 Å². The number of hydrogen-bond donors (Lipinski definition) is 1. The van der Waals surface area contributed by atoms with Crippen molar-refractivity contribution < 1.29 is 22.8 Å². The Morgan fingerprint density at radius 3 is 2.26 bits per heavy atom. The van der Waals surface area contributed by atoms with Gasteiger partial charge in [0.05, 0.1) is 5.56 Å². The monoisotopic (exact) mass is 629 g/mol. The van der Waals surface area contributed by atoms with Crippen LogP contribution in [0.1, 0.15) is 54.1 Å². The topological polar surface area (TPSA) is 104 Å². The molecule has 4 rings (SSSR count). The minimum atomic E-state index is -4.00. The Morgan fingerprint density at radius 1 is 0.929 bits per heavy atom. The maximum absolute atomic E-state index is 13.9. The number of unbranched alkanes of at least 4 members (excludes halogenated alkanes) is 1. The normalized spacial score (nSPS) is 14.4. The van der Waals surface area contributed by atoms with Crippen molar-refractivity contribution in [3.05, 3.63) is 99.5 Å². The molecule has 222 valence electrons. The number of fused-ring (bicyclic) bond motifs is 1. The van der Waals surface area contributed by atoms with Gasteiger partial charge in [-0.05, 0) is 42.7 Å². The van der Waals surface area contributed by atoms with Gasteiger partial charge in [-0.15, -0.1) is 0 Å². The molecule has 0 fully saturated rings. The molecule has 8 nitrogen and oxygen atoms in total. The van der Waals surface area contributed by atoms with Gasteiger partial charge in [0.1, 0.15) is 10.9 Å². The minimum Gasteiger partial charge on any atom is -0.354 e. The maximum atomic E-state index is 13.9. The number of benzene rings is 3. The summed E-state index contributed by atoms with van der Waals surface area (Å²) in [6.07, 6.45) is 1.89. The van der Waals surface area contributed by atoms with Gasteiger partial charge in [-0.25, -0.2) is 12.7 Å². The lowest BCUT2D eigenvalue weighted by molar-refractivity contribution is -0.141. The first-order valence-electron chi connectivity index (χ1n) is 13.8. The summed E-state index contributed by atoms with van der Waals surface area (Å²) in [6.45, 7) is 2.29. The van der Waals surface area contributed by atoms with Crippen LogP contribution in [0.5, 0.6) is 0 Å². The number of halogens is 2. The van der Waals surface area contributed by atoms with Gasteiger partial charge in [-0.3, -0.25) is 14.4 Å². The van der Waals surface area contributed by atoms with Crippen LogP contribution in [0.3, 0.4) is 0 Å². The van der Waals surface area contributed by atoms with E-state index >= 15 is 0 Å². The number of nitrogens with one attached hydrogen (secondary N) is 1. The lowest BCUT2D eigenvalue weighted by Gasteiger charge is -2.32. The summed E-state index contributed by atoms with van der Waals surface area (Å²) in [5, 5.41) is 3.67. The molecule has 1 heterocycles. The van der Waals surface area contributed by atoms with Crippen LogP contribution in [0.25, 0.3) is 0 Å². The Bertz CT molecular complexity index is 1530. The lowest BCUT2D eigenvalue weighted by Crippen LogP contribution is -2.50. The van der Waals surface area contributed by atoms with E-state index in [1.54, 1.807) is 30.3 Å². The number of hydrogen-bond acceptors (Lipinski definition) is 5. The predicted molar refractivity (Wildman–Crippen MR) is 163 cm³/mol. The van der Waals surface area contributed by atoms with E-state index < -0.39 is 22.0 Å². The van der Waals surface area contributed by atoms with E-state index in [0.717, 1.165) is 22.7 Å². The van der Waals surface area contributed by atoms with Gasteiger partial charge in [0.15, 0.2) is 0 Å². The fraction of sp³-hybridized carbons (Fsp3) is 0.323. The average Bonchev–Trinajstić information content (AvgIpc) is 3.17. The first kappa shape index (κ1) is 31.5. The van der Waals surface area contributed by atoms with Crippen molar-refractivity contribution in [2.75, 3.05) is 13.1 Å². The third-order valence-corrected chi connectivity index (χ3v) is 9.70. The number of rotatable bonds is 13. The first-order valence-corrected chi connectivity index (χ1v) is 16.0. The molecule has 0 saturated carbocycles. The van der Waals surface area contributed by atoms with Crippen LogP contribution in [0.15, 0.2) is 77.7 Å². The molecule has 1 atom stereocenters. The Hall–Kier alpha value is -3.40. The molecular weight excluding hydrogens is 597 g/mol. The van der Waals surface area contributed by atoms with E-state index in [9.17, 15) is 22.8 Å². The van der Waals surface area contributed by atoms with Crippen LogP contribution >= 0.6 is 23.2 Å². The van der Waals surface area contributed by atoms with Crippen molar-refractivity contribution in [2.24, 2.45) is 0 Å². The highest BCUT2D eigenvalue weighted by molar-refractivity contribution is 7.90. The second kappa shape index (κ2) is 14.2. The zero-order valence-electron chi connectivity index (χ0n) is 23.3. The van der Waals surface area contributed by atoms with Crippen LogP contribution in [-0.4, -0.2) is 54.5 Å². The van der Waals surface area contributed by atoms with E-state index in [4.69, 9.17) is 23.2 Å². The Labute approximate surface area is 256 Å². The third-order valence-electron chi connectivity index (χ3n) is 7.15. The van der Waals surface area contributed by atoms with Crippen molar-refractivity contribution in [1.82, 2.24) is 14.5 Å². The summed E-state index contributed by atoms with van der Waals surface area (Å²) in [5.74, 6) is -1.31. The van der Waals surface area contributed by atoms with E-state index in [1.165, 1.54) is 17.0 Å². The van der Waals surface area contributed by atoms with Gasteiger partial charge < -0.3 is 10.2 Å². The third kappa shape index (κ3) is 7.14. The average molecular weight is 631 g/mol. The maximum Gasteiger partial charge on any atom is 0.269 e. The van der Waals surface area contributed by atoms with Crippen molar-refractivity contribution >= 4 is 50.9 Å². The molecule has 0 unspecified atom stereocenters. The standard InChI is InChI=1S/C31H33Cl2N3O5S/c1-2-3-18-34-30(38)27(20-22-11-5-4-6-12-22)35(21-24-25(32)14-9-15-26(24)33)29(37)17-10-19-36-31(39)23-13-7-8-16-28(23)42(36,40)41/h4-9,11-16,27H,2-3,10,17-21H2,1H3,(H,34,38)/t27-/m1/s1. The summed E-state index contributed by atoms with van der Waals surface area (Å²) >= 11 is 12.9. The molecule has 3 amide bonds. The molecule has 0 spiro atoms. The van der Waals surface area contributed by atoms with Crippen LogP contribution < -0.4 is 5.32 Å². The van der Waals surface area contributed by atoms with Gasteiger partial charge in [-0.2, -0.15) is 0 Å². The molecule has 3 aromatic carbocycles. The second-order valence-corrected chi connectivity index (χ2v) is 12.7. The Morgan fingerprint density at radius 2 is 1.60 bits per heavy atom. The van der Waals surface area contributed by atoms with Crippen molar-refractivity contribution in [3.63, 3.8) is 0 Å². The van der Waals surface area contributed by atoms with Crippen LogP contribution in [0, 0.1) is 0 Å². The van der Waals surface area contributed by atoms with Crippen molar-refractivity contribution in [3.8, 4) is 0 Å². The van der Waals surface area contributed by atoms with Gasteiger partial charge in [0, 0.05) is 48.1 Å². The summed E-state index contributed by atoms with van der Waals surface area (Å²) in [5.41, 5.74) is 1.48. The van der Waals surface area contributed by atoms with E-state index in [2.05, 4.69) is 5.32 Å². The number of amides is 3. The smallest absolute Gasteiger partial charge is 0.269 e. The number of sulfonamides is 1. The van der Waals surface area contributed by atoms with E-state index in [-0.39, 0.29) is 54.6 Å². The molecule has 0 saturated heterocycles. The highest BCUT2D eigenvalue weighted by Crippen LogP contribution is 2.31. The molecule has 3 aromatic rings. The molecule has 11 heteroatoms. The van der Waals surface area contributed by atoms with Crippen LogP contribution in [0.2, 0.25) is 10.0 Å². The van der Waals surface area contributed by atoms with E-state index in [1.807, 2.05) is 37.3 Å². The fourth-order valence-corrected chi connectivity index (χ4v) is 7.01. The SMILES string of the molecule is CCCCNC(=O)[C@@H](Cc1ccccc1)N(Cc1c(Cl)cccc1Cl)C(=O)CCCN1C(=O)c2ccccc2S1(=O)=O. The summed E-state index contributed by atoms with van der Waals surface area (Å²) in [7, 11) is -4.00. The minimum absolute atomic E-state index is 0.0254. The quantitative estimate of drug-likeness (QED) is 0.252. The van der Waals surface area contributed by atoms with Gasteiger partial charge >= 0.3 is 0 Å². The second-order valence-electron chi connectivity index (χ2n) is 10.1. The summed E-state index contributed by atoms with van der Waals surface area (Å²) in [6, 6.07) is 19.6. The molecule has 0 radical (unpaired) electrons. The van der Waals surface area contributed by atoms with Crippen LogP contribution in [0.4, 0.5) is 0 Å². The molecule has 0 aliphatic carbocycles. The Kier molecular flexibility index (Phi) is 10.6. The number of carbonyl (C=O) groups excluding carboxylic acids is 3. The zero-order valence-corrected chi connectivity index (χ0v) is 25.6. The molecule has 1 aliphatic rings. The molecular formula is C31H33Cl2N3O5S. The molecule has 1 aliphatic heterocycles.